The number of carbonyl (C=O) groups is 1. The van der Waals surface area contributed by atoms with E-state index in [4.69, 9.17) is 0 Å². The van der Waals surface area contributed by atoms with E-state index in [0.717, 1.165) is 10.7 Å². The van der Waals surface area contributed by atoms with E-state index in [2.05, 4.69) is 10.2 Å². The van der Waals surface area contributed by atoms with Gasteiger partial charge in [0.15, 0.2) is 10.9 Å². The lowest BCUT2D eigenvalue weighted by Gasteiger charge is -2.15. The molecule has 3 rings (SSSR count). The lowest BCUT2D eigenvalue weighted by atomic mass is 10.0. The highest BCUT2D eigenvalue weighted by Gasteiger charge is 2.24. The molecule has 1 aromatic heterocycles. The Hall–Kier alpha value is -2.40. The third kappa shape index (κ3) is 3.09. The average Bonchev–Trinajstić information content (AvgIpc) is 2.98. The van der Waals surface area contributed by atoms with E-state index in [1.165, 1.54) is 11.8 Å². The lowest BCUT2D eigenvalue weighted by molar-refractivity contribution is 0.0989. The van der Waals surface area contributed by atoms with Gasteiger partial charge in [0.25, 0.3) is 0 Å². The molecule has 0 fully saturated rings. The quantitative estimate of drug-likeness (QED) is 0.534. The summed E-state index contributed by atoms with van der Waals surface area (Å²) in [6, 6.07) is 19.1. The van der Waals surface area contributed by atoms with Gasteiger partial charge in [-0.05, 0) is 5.56 Å². The van der Waals surface area contributed by atoms with Crippen LogP contribution in [0.3, 0.4) is 0 Å². The molecule has 1 heterocycles. The van der Waals surface area contributed by atoms with Crippen molar-refractivity contribution in [3.05, 3.63) is 78.1 Å². The summed E-state index contributed by atoms with van der Waals surface area (Å²) >= 11 is 1.42. The molecule has 110 valence electrons. The molecular formula is C17H15N3OS. The molecule has 0 N–H and O–H groups in total. The number of rotatable bonds is 5. The van der Waals surface area contributed by atoms with Gasteiger partial charge in [0.1, 0.15) is 11.6 Å². The Kier molecular flexibility index (Phi) is 4.34. The zero-order valence-electron chi connectivity index (χ0n) is 12.1. The first kappa shape index (κ1) is 14.5. The van der Waals surface area contributed by atoms with Gasteiger partial charge in [0.05, 0.1) is 0 Å². The van der Waals surface area contributed by atoms with Crippen molar-refractivity contribution >= 4 is 17.5 Å². The molecule has 0 saturated carbocycles. The molecule has 0 spiro atoms. The van der Waals surface area contributed by atoms with Crippen LogP contribution < -0.4 is 0 Å². The predicted molar refractivity (Wildman–Crippen MR) is 86.8 cm³/mol. The second-order valence-corrected chi connectivity index (χ2v) is 5.94. The van der Waals surface area contributed by atoms with E-state index in [-0.39, 0.29) is 11.0 Å². The highest BCUT2D eigenvalue weighted by atomic mass is 32.2. The van der Waals surface area contributed by atoms with Gasteiger partial charge in [-0.1, -0.05) is 72.4 Å². The molecule has 0 bridgehead atoms. The molecule has 1 atom stereocenters. The zero-order valence-corrected chi connectivity index (χ0v) is 12.9. The number of Topliss-reactive ketones (excluding diaryl/α,β-unsaturated/α-hetero) is 1. The van der Waals surface area contributed by atoms with Crippen molar-refractivity contribution in [2.24, 2.45) is 7.05 Å². The van der Waals surface area contributed by atoms with Gasteiger partial charge in [0.2, 0.25) is 0 Å². The van der Waals surface area contributed by atoms with Gasteiger partial charge < -0.3 is 4.57 Å². The van der Waals surface area contributed by atoms with E-state index in [9.17, 15) is 4.79 Å². The Morgan fingerprint density at radius 2 is 1.68 bits per heavy atom. The normalized spacial score (nSPS) is 12.0. The molecule has 0 unspecified atom stereocenters. The summed E-state index contributed by atoms with van der Waals surface area (Å²) in [6.07, 6.45) is 1.64. The van der Waals surface area contributed by atoms with Crippen LogP contribution in [0.2, 0.25) is 0 Å². The van der Waals surface area contributed by atoms with E-state index in [1.54, 1.807) is 6.33 Å². The molecule has 0 radical (unpaired) electrons. The molecule has 3 aromatic rings. The third-order valence-electron chi connectivity index (χ3n) is 3.29. The molecular weight excluding hydrogens is 294 g/mol. The van der Waals surface area contributed by atoms with Crippen LogP contribution in [0.5, 0.6) is 0 Å². The summed E-state index contributed by atoms with van der Waals surface area (Å²) in [5.74, 6) is 0.0693. The maximum Gasteiger partial charge on any atom is 0.191 e. The van der Waals surface area contributed by atoms with Crippen LogP contribution in [0.4, 0.5) is 0 Å². The molecule has 0 aliphatic carbocycles. The first-order valence-corrected chi connectivity index (χ1v) is 7.78. The largest absolute Gasteiger partial charge is 0.312 e. The van der Waals surface area contributed by atoms with Crippen molar-refractivity contribution in [2.75, 3.05) is 0 Å². The number of aryl methyl sites for hydroxylation is 1. The maximum atomic E-state index is 12.9. The number of hydrogen-bond donors (Lipinski definition) is 0. The summed E-state index contributed by atoms with van der Waals surface area (Å²) in [7, 11) is 1.87. The fourth-order valence-corrected chi connectivity index (χ4v) is 3.19. The number of hydrogen-bond acceptors (Lipinski definition) is 4. The number of aromatic nitrogens is 3. The Labute approximate surface area is 133 Å². The van der Waals surface area contributed by atoms with Crippen molar-refractivity contribution in [3.63, 3.8) is 0 Å². The van der Waals surface area contributed by atoms with Crippen molar-refractivity contribution in [3.8, 4) is 0 Å². The Balaban J connectivity index is 1.96. The smallest absolute Gasteiger partial charge is 0.191 e. The number of ketones is 1. The van der Waals surface area contributed by atoms with Crippen LogP contribution in [-0.2, 0) is 7.05 Å². The molecule has 4 nitrogen and oxygen atoms in total. The van der Waals surface area contributed by atoms with Crippen molar-refractivity contribution in [1.29, 1.82) is 0 Å². The van der Waals surface area contributed by atoms with Crippen LogP contribution in [0.1, 0.15) is 21.2 Å². The third-order valence-corrected chi connectivity index (χ3v) is 4.59. The molecule has 0 amide bonds. The van der Waals surface area contributed by atoms with Gasteiger partial charge >= 0.3 is 0 Å². The number of carbonyl (C=O) groups excluding carboxylic acids is 1. The van der Waals surface area contributed by atoms with Gasteiger partial charge in [-0.3, -0.25) is 4.79 Å². The van der Waals surface area contributed by atoms with Crippen LogP contribution in [0.15, 0.2) is 72.1 Å². The van der Waals surface area contributed by atoms with Gasteiger partial charge in [0, 0.05) is 12.6 Å². The first-order valence-electron chi connectivity index (χ1n) is 6.90. The molecule has 22 heavy (non-hydrogen) atoms. The van der Waals surface area contributed by atoms with Crippen molar-refractivity contribution in [2.45, 2.75) is 10.4 Å². The van der Waals surface area contributed by atoms with Gasteiger partial charge in [-0.15, -0.1) is 10.2 Å². The zero-order chi connectivity index (χ0) is 15.4. The Morgan fingerprint density at radius 1 is 1.05 bits per heavy atom. The fraction of sp³-hybridized carbons (Fsp3) is 0.118. The van der Waals surface area contributed by atoms with Crippen LogP contribution in [0.25, 0.3) is 0 Å². The summed E-state index contributed by atoms with van der Waals surface area (Å²) in [5.41, 5.74) is 1.66. The van der Waals surface area contributed by atoms with Gasteiger partial charge in [-0.25, -0.2) is 0 Å². The minimum atomic E-state index is -0.341. The minimum Gasteiger partial charge on any atom is -0.312 e. The molecule has 0 saturated heterocycles. The maximum absolute atomic E-state index is 12.9. The van der Waals surface area contributed by atoms with Crippen LogP contribution >= 0.6 is 11.8 Å². The number of thioether (sulfide) groups is 1. The number of nitrogens with zero attached hydrogens (tertiary/aromatic N) is 3. The monoisotopic (exact) mass is 309 g/mol. The van der Waals surface area contributed by atoms with Crippen molar-refractivity contribution < 1.29 is 4.79 Å². The predicted octanol–water partition coefficient (Wildman–Crippen LogP) is 3.53. The average molecular weight is 309 g/mol. The van der Waals surface area contributed by atoms with E-state index >= 15 is 0 Å². The lowest BCUT2D eigenvalue weighted by Crippen LogP contribution is -2.10. The van der Waals surface area contributed by atoms with Gasteiger partial charge in [-0.2, -0.15) is 0 Å². The fourth-order valence-electron chi connectivity index (χ4n) is 2.14. The van der Waals surface area contributed by atoms with E-state index in [0.29, 0.717) is 5.56 Å². The summed E-state index contributed by atoms with van der Waals surface area (Å²) in [5, 5.41) is 8.34. The van der Waals surface area contributed by atoms with Crippen molar-refractivity contribution in [1.82, 2.24) is 14.8 Å². The molecule has 0 aliphatic rings. The highest BCUT2D eigenvalue weighted by Crippen LogP contribution is 2.36. The first-order chi connectivity index (χ1) is 10.8. The second kappa shape index (κ2) is 6.58. The topological polar surface area (TPSA) is 47.8 Å². The summed E-state index contributed by atoms with van der Waals surface area (Å²) < 4.78 is 1.82. The molecule has 5 heteroatoms. The van der Waals surface area contributed by atoms with Crippen LogP contribution in [0, 0.1) is 0 Å². The minimum absolute atomic E-state index is 0.0693. The second-order valence-electron chi connectivity index (χ2n) is 4.86. The van der Waals surface area contributed by atoms with E-state index in [1.807, 2.05) is 72.3 Å². The number of benzene rings is 2. The Morgan fingerprint density at radius 3 is 2.27 bits per heavy atom. The Bertz CT molecular complexity index is 756. The van der Waals surface area contributed by atoms with E-state index < -0.39 is 0 Å². The summed E-state index contributed by atoms with van der Waals surface area (Å²) in [4.78, 5) is 12.9. The highest BCUT2D eigenvalue weighted by molar-refractivity contribution is 8.00. The standard InChI is InChI=1S/C17H15N3OS/c1-20-12-18-19-17(20)22-16(14-10-6-3-7-11-14)15(21)13-8-4-2-5-9-13/h2-12,16H,1H3/t16-/m1/s1. The molecule has 0 aliphatic heterocycles. The SMILES string of the molecule is Cn1cnnc1S[C@@H](C(=O)c1ccccc1)c1ccccc1. The summed E-state index contributed by atoms with van der Waals surface area (Å²) in [6.45, 7) is 0. The molecule has 2 aromatic carbocycles. The van der Waals surface area contributed by atoms with Crippen LogP contribution in [-0.4, -0.2) is 20.5 Å².